The predicted molar refractivity (Wildman–Crippen MR) is 67.2 cm³/mol. The van der Waals surface area contributed by atoms with Crippen molar-refractivity contribution < 1.29 is 0 Å². The molecule has 0 aliphatic rings. The van der Waals surface area contributed by atoms with E-state index in [1.54, 1.807) is 0 Å². The molecule has 0 aliphatic heterocycles. The van der Waals surface area contributed by atoms with Gasteiger partial charge in [-0.1, -0.05) is 0 Å². The molecule has 81 valence electrons. The van der Waals surface area contributed by atoms with E-state index < -0.39 is 0 Å². The zero-order valence-electron chi connectivity index (χ0n) is 8.90. The van der Waals surface area contributed by atoms with Gasteiger partial charge < -0.3 is 0 Å². The van der Waals surface area contributed by atoms with Gasteiger partial charge in [0.05, 0.1) is 0 Å². The number of nitrogens with zero attached hydrogens (tertiary/aromatic N) is 2. The second-order valence-electron chi connectivity index (χ2n) is 3.04. The van der Waals surface area contributed by atoms with Gasteiger partial charge in [0.15, 0.2) is 0 Å². The summed E-state index contributed by atoms with van der Waals surface area (Å²) in [7, 11) is 0. The van der Waals surface area contributed by atoms with Gasteiger partial charge >= 0.3 is 104 Å². The Morgan fingerprint density at radius 2 is 1.80 bits per heavy atom. The molecule has 4 heteroatoms. The molecule has 0 aliphatic carbocycles. The molecule has 1 radical (unpaired) electrons. The average molecular weight is 289 g/mol. The van der Waals surface area contributed by atoms with Crippen molar-refractivity contribution in [3.63, 3.8) is 0 Å². The van der Waals surface area contributed by atoms with E-state index in [1.165, 1.54) is 0 Å². The van der Waals surface area contributed by atoms with Crippen molar-refractivity contribution in [2.45, 2.75) is 13.8 Å². The molecule has 0 fully saturated rings. The number of aliphatic imine (C=N–C) groups is 1. The van der Waals surface area contributed by atoms with Gasteiger partial charge in [0.25, 0.3) is 0 Å². The first-order chi connectivity index (χ1) is 7.17. The fourth-order valence-electron chi connectivity index (χ4n) is 1.19. The first-order valence-electron chi connectivity index (χ1n) is 4.93. The van der Waals surface area contributed by atoms with Gasteiger partial charge in [-0.25, -0.2) is 0 Å². The number of hydrogen-bond acceptors (Lipinski definition) is 1. The quantitative estimate of drug-likeness (QED) is 0.474. The van der Waals surface area contributed by atoms with Crippen LogP contribution in [0.3, 0.4) is 0 Å². The van der Waals surface area contributed by atoms with Crippen molar-refractivity contribution in [1.29, 1.82) is 0 Å². The molecule has 0 N–H and O–H groups in total. The van der Waals surface area contributed by atoms with E-state index in [2.05, 4.69) is 39.8 Å². The van der Waals surface area contributed by atoms with Gasteiger partial charge in [-0.2, -0.15) is 0 Å². The van der Waals surface area contributed by atoms with Crippen LogP contribution in [-0.4, -0.2) is 38.7 Å². The minimum atomic E-state index is 0.735. The summed E-state index contributed by atoms with van der Waals surface area (Å²) >= 11 is 8.78. The van der Waals surface area contributed by atoms with Crippen LogP contribution in [0.1, 0.15) is 13.8 Å². The molecule has 0 amide bonds. The van der Waals surface area contributed by atoms with Gasteiger partial charge in [0.1, 0.15) is 0 Å². The zero-order chi connectivity index (χ0) is 11.3. The average Bonchev–Trinajstić information content (AvgIpc) is 2.23. The summed E-state index contributed by atoms with van der Waals surface area (Å²) in [5.41, 5.74) is 0.917. The maximum absolute atomic E-state index is 5.80. The van der Waals surface area contributed by atoms with Crippen LogP contribution in [0.5, 0.6) is 0 Å². The molecular formula is C11H14ClN2Se. The number of benzene rings is 1. The molecular weight excluding hydrogens is 275 g/mol. The molecule has 15 heavy (non-hydrogen) atoms. The summed E-state index contributed by atoms with van der Waals surface area (Å²) in [6, 6.07) is 7.50. The van der Waals surface area contributed by atoms with Gasteiger partial charge in [0, 0.05) is 0 Å². The van der Waals surface area contributed by atoms with Crippen LogP contribution < -0.4 is 0 Å². The van der Waals surface area contributed by atoms with Crippen LogP contribution in [0.4, 0.5) is 5.69 Å². The topological polar surface area (TPSA) is 15.6 Å². The maximum atomic E-state index is 5.80. The Hall–Kier alpha value is -0.501. The molecule has 0 saturated heterocycles. The fraction of sp³-hybridized carbons (Fsp3) is 0.364. The van der Waals surface area contributed by atoms with E-state index >= 15 is 0 Å². The number of rotatable bonds is 3. The predicted octanol–water partition coefficient (Wildman–Crippen LogP) is 2.84. The Bertz CT molecular complexity index is 331. The third-order valence-corrected chi connectivity index (χ3v) is 3.07. The Morgan fingerprint density at radius 1 is 1.27 bits per heavy atom. The summed E-state index contributed by atoms with van der Waals surface area (Å²) in [6.45, 7) is 6.13. The van der Waals surface area contributed by atoms with E-state index in [9.17, 15) is 0 Å². The summed E-state index contributed by atoms with van der Waals surface area (Å²) in [5.74, 6) is 0. The van der Waals surface area contributed by atoms with Crippen LogP contribution in [0.15, 0.2) is 29.3 Å². The normalized spacial score (nSPS) is 11.5. The molecule has 2 nitrogen and oxygen atoms in total. The van der Waals surface area contributed by atoms with Gasteiger partial charge in [-0.05, 0) is 0 Å². The van der Waals surface area contributed by atoms with Crippen LogP contribution in [0.2, 0.25) is 5.02 Å². The summed E-state index contributed by atoms with van der Waals surface area (Å²) in [4.78, 5) is 6.63. The molecule has 0 aromatic heterocycles. The first kappa shape index (κ1) is 12.6. The SMILES string of the molecule is CCN(CC)C([Se])=Nc1ccc(Cl)cc1. The zero-order valence-corrected chi connectivity index (χ0v) is 11.4. The van der Waals surface area contributed by atoms with Gasteiger partial charge in [-0.15, -0.1) is 0 Å². The Labute approximate surface area is 104 Å². The number of halogens is 1. The van der Waals surface area contributed by atoms with E-state index in [0.717, 1.165) is 28.5 Å². The Kier molecular flexibility index (Phi) is 5.16. The van der Waals surface area contributed by atoms with Crippen LogP contribution >= 0.6 is 11.6 Å². The molecule has 0 bridgehead atoms. The van der Waals surface area contributed by atoms with Crippen LogP contribution in [-0.2, 0) is 0 Å². The third kappa shape index (κ3) is 3.86. The molecule has 1 aromatic rings. The van der Waals surface area contributed by atoms with Crippen LogP contribution in [0, 0.1) is 0 Å². The molecule has 0 atom stereocenters. The summed E-state index contributed by atoms with van der Waals surface area (Å²) in [5, 5.41) is 0.735. The number of hydrogen-bond donors (Lipinski definition) is 0. The van der Waals surface area contributed by atoms with Crippen molar-refractivity contribution in [1.82, 2.24) is 4.90 Å². The van der Waals surface area contributed by atoms with E-state index in [0.29, 0.717) is 0 Å². The molecule has 0 spiro atoms. The molecule has 0 saturated carbocycles. The van der Waals surface area contributed by atoms with E-state index in [4.69, 9.17) is 11.6 Å². The monoisotopic (exact) mass is 289 g/mol. The third-order valence-electron chi connectivity index (χ3n) is 2.09. The molecule has 0 unspecified atom stereocenters. The second kappa shape index (κ2) is 6.16. The molecule has 1 rings (SSSR count). The van der Waals surface area contributed by atoms with Crippen molar-refractivity contribution in [2.75, 3.05) is 13.1 Å². The van der Waals surface area contributed by atoms with Crippen molar-refractivity contribution >= 4 is 38.0 Å². The first-order valence-corrected chi connectivity index (χ1v) is 6.17. The number of amidine groups is 1. The Balaban J connectivity index is 2.81. The second-order valence-corrected chi connectivity index (χ2v) is 4.25. The molecule has 1 aromatic carbocycles. The van der Waals surface area contributed by atoms with Crippen molar-refractivity contribution in [3.8, 4) is 0 Å². The standard InChI is InChI=1S/C11H14ClN2Se/c1-3-14(4-2)11(15)13-10-7-5-9(12)6-8-10/h5-8H,3-4H2,1-2H3. The summed E-state index contributed by atoms with van der Waals surface area (Å²) in [6.07, 6.45) is 0. The van der Waals surface area contributed by atoms with Gasteiger partial charge in [-0.3, -0.25) is 0 Å². The van der Waals surface area contributed by atoms with Gasteiger partial charge in [0.2, 0.25) is 0 Å². The van der Waals surface area contributed by atoms with E-state index in [1.807, 2.05) is 24.3 Å². The van der Waals surface area contributed by atoms with Crippen molar-refractivity contribution in [2.24, 2.45) is 4.99 Å². The Morgan fingerprint density at radius 3 is 2.27 bits per heavy atom. The minimum absolute atomic E-state index is 0.735. The summed E-state index contributed by atoms with van der Waals surface area (Å²) < 4.78 is 0.919. The van der Waals surface area contributed by atoms with Crippen LogP contribution in [0.25, 0.3) is 0 Å². The molecule has 0 heterocycles. The van der Waals surface area contributed by atoms with Crippen molar-refractivity contribution in [3.05, 3.63) is 29.3 Å². The fourth-order valence-corrected chi connectivity index (χ4v) is 2.08. The van der Waals surface area contributed by atoms with E-state index in [-0.39, 0.29) is 0 Å².